The van der Waals surface area contributed by atoms with Crippen LogP contribution in [-0.4, -0.2) is 14.5 Å². The molecule has 10 aromatic carbocycles. The summed E-state index contributed by atoms with van der Waals surface area (Å²) in [5.41, 5.74) is 11.2. The summed E-state index contributed by atoms with van der Waals surface area (Å²) in [5.74, 6) is 0.350. The summed E-state index contributed by atoms with van der Waals surface area (Å²) in [7, 11) is -3.86. The van der Waals surface area contributed by atoms with Gasteiger partial charge in [-0.25, -0.2) is 14.6 Å². The minimum atomic E-state index is -3.86. The second-order valence-corrected chi connectivity index (χ2v) is 19.4. The van der Waals surface area contributed by atoms with Crippen LogP contribution in [0, 0.1) is 0 Å². The predicted octanol–water partition coefficient (Wildman–Crippen LogP) is 15.7. The van der Waals surface area contributed by atoms with Gasteiger partial charge in [0.25, 0.3) is 0 Å². The molecular weight excluding hydrogens is 838 g/mol. The second kappa shape index (κ2) is 15.6. The monoisotopic (exact) mass is 877 g/mol. The molecule has 0 radical (unpaired) electrons. The smallest absolute Gasteiger partial charge is 0.304 e. The summed E-state index contributed by atoms with van der Waals surface area (Å²) < 4.78 is 23.4. The van der Waals surface area contributed by atoms with Crippen LogP contribution in [0.5, 0.6) is 0 Å². The molecule has 13 rings (SSSR count). The van der Waals surface area contributed by atoms with Crippen molar-refractivity contribution in [2.45, 2.75) is 0 Å². The molecule has 7 heteroatoms. The van der Waals surface area contributed by atoms with Crippen molar-refractivity contribution in [1.29, 1.82) is 0 Å². The van der Waals surface area contributed by atoms with Gasteiger partial charge in [-0.05, 0) is 105 Å². The molecule has 1 aliphatic heterocycles. The molecule has 0 saturated heterocycles. The summed E-state index contributed by atoms with van der Waals surface area (Å²) in [5, 5.41) is 7.38. The molecule has 0 amide bonds. The van der Waals surface area contributed by atoms with Gasteiger partial charge in [-0.1, -0.05) is 170 Å². The van der Waals surface area contributed by atoms with Crippen molar-refractivity contribution < 1.29 is 4.57 Å². The summed E-state index contributed by atoms with van der Waals surface area (Å²) in [6.45, 7) is 0. The Bertz CT molecular complexity index is 3820. The SMILES string of the molecule is O=P1(c2ccccc2)N(c2ccccc2)c2cc(-c3ccc4c(c3)c3ccccc3n4-c3ccccc3)ccc2N1c1nc(-c2cccc3ccccc23)cc(-c2cccc3ccccc23)n1. The van der Waals surface area contributed by atoms with Gasteiger partial charge < -0.3 is 4.57 Å². The summed E-state index contributed by atoms with van der Waals surface area (Å²) in [4.78, 5) is 10.9. The lowest BCUT2D eigenvalue weighted by Gasteiger charge is -2.32. The first-order valence-corrected chi connectivity index (χ1v) is 24.1. The highest BCUT2D eigenvalue weighted by molar-refractivity contribution is 7.76. The number of aromatic nitrogens is 3. The fourth-order valence-electron chi connectivity index (χ4n) is 10.1. The van der Waals surface area contributed by atoms with Crippen molar-refractivity contribution in [3.05, 3.63) is 243 Å². The first kappa shape index (κ1) is 38.9. The van der Waals surface area contributed by atoms with Crippen LogP contribution in [0.2, 0.25) is 0 Å². The zero-order chi connectivity index (χ0) is 44.5. The highest BCUT2D eigenvalue weighted by atomic mass is 31.2. The topological polar surface area (TPSA) is 54.3 Å². The maximum Gasteiger partial charge on any atom is 0.304 e. The van der Waals surface area contributed by atoms with Gasteiger partial charge >= 0.3 is 7.44 Å². The van der Waals surface area contributed by atoms with Crippen LogP contribution in [0.4, 0.5) is 23.0 Å². The molecule has 67 heavy (non-hydrogen) atoms. The van der Waals surface area contributed by atoms with E-state index in [0.717, 1.165) is 94.4 Å². The van der Waals surface area contributed by atoms with E-state index in [1.54, 1.807) is 0 Å². The molecule has 6 nitrogen and oxygen atoms in total. The first-order valence-electron chi connectivity index (χ1n) is 22.5. The number of anilines is 4. The molecule has 12 aromatic rings. The maximum atomic E-state index is 17.1. The molecule has 0 bridgehead atoms. The van der Waals surface area contributed by atoms with Crippen LogP contribution < -0.4 is 14.6 Å². The number of fused-ring (bicyclic) bond motifs is 6. The van der Waals surface area contributed by atoms with Crippen molar-refractivity contribution in [2.24, 2.45) is 0 Å². The average molecular weight is 878 g/mol. The highest BCUT2D eigenvalue weighted by Crippen LogP contribution is 2.70. The molecule has 1 atom stereocenters. The molecule has 316 valence electrons. The van der Waals surface area contributed by atoms with E-state index in [-0.39, 0.29) is 0 Å². The second-order valence-electron chi connectivity index (χ2n) is 17.0. The molecule has 0 spiro atoms. The standard InChI is InChI=1S/C60H40N5OP/c66-67(47-26-8-3-9-27-47)64(46-24-6-2-7-25-46)59-39-44(43-34-36-57-53(38-43)52-30-14-15-33-56(52)63(57)45-22-4-1-5-23-45)35-37-58(59)65(67)60-61-54(50-31-16-20-41-18-10-12-28-48(41)50)40-55(62-60)51-32-17-21-42-19-11-13-29-49(42)51/h1-40H. The van der Waals surface area contributed by atoms with Gasteiger partial charge in [-0.2, -0.15) is 0 Å². The van der Waals surface area contributed by atoms with Gasteiger partial charge in [0.1, 0.15) is 0 Å². The number of hydrogen-bond acceptors (Lipinski definition) is 3. The third-order valence-corrected chi connectivity index (χ3v) is 16.0. The Morgan fingerprint density at radius 2 is 0.866 bits per heavy atom. The molecule has 1 unspecified atom stereocenters. The summed E-state index contributed by atoms with van der Waals surface area (Å²) in [6, 6.07) is 83.7. The Balaban J connectivity index is 1.07. The van der Waals surface area contributed by atoms with Gasteiger partial charge in [0, 0.05) is 33.3 Å². The van der Waals surface area contributed by atoms with E-state index < -0.39 is 7.44 Å². The van der Waals surface area contributed by atoms with Crippen LogP contribution in [0.15, 0.2) is 243 Å². The van der Waals surface area contributed by atoms with Gasteiger partial charge in [-0.15, -0.1) is 0 Å². The van der Waals surface area contributed by atoms with E-state index in [0.29, 0.717) is 11.3 Å². The fraction of sp³-hybridized carbons (Fsp3) is 0. The Hall–Kier alpha value is -8.57. The van der Waals surface area contributed by atoms with E-state index in [2.05, 4.69) is 187 Å². The van der Waals surface area contributed by atoms with Crippen molar-refractivity contribution in [3.63, 3.8) is 0 Å². The normalized spacial score (nSPS) is 14.6. The molecule has 0 saturated carbocycles. The third kappa shape index (κ3) is 6.22. The highest BCUT2D eigenvalue weighted by Gasteiger charge is 2.50. The lowest BCUT2D eigenvalue weighted by molar-refractivity contribution is 0.582. The van der Waals surface area contributed by atoms with Crippen LogP contribution in [0.3, 0.4) is 0 Å². The molecular formula is C60H40N5OP. The minimum Gasteiger partial charge on any atom is -0.309 e. The number of hydrogen-bond donors (Lipinski definition) is 0. The van der Waals surface area contributed by atoms with E-state index in [4.69, 9.17) is 9.97 Å². The molecule has 0 N–H and O–H groups in total. The van der Waals surface area contributed by atoms with E-state index in [1.807, 2.05) is 70.0 Å². The molecule has 3 heterocycles. The number of para-hydroxylation sites is 3. The largest absolute Gasteiger partial charge is 0.309 e. The lowest BCUT2D eigenvalue weighted by Crippen LogP contribution is -2.27. The quantitative estimate of drug-likeness (QED) is 0.149. The summed E-state index contributed by atoms with van der Waals surface area (Å²) in [6.07, 6.45) is 0. The Kier molecular flexibility index (Phi) is 9.02. The average Bonchev–Trinajstić information content (AvgIpc) is 3.87. The van der Waals surface area contributed by atoms with Gasteiger partial charge in [0.2, 0.25) is 5.95 Å². The number of benzene rings is 10. The third-order valence-electron chi connectivity index (χ3n) is 13.1. The molecule has 0 fully saturated rings. The van der Waals surface area contributed by atoms with Gasteiger partial charge in [0.05, 0.1) is 39.1 Å². The zero-order valence-corrected chi connectivity index (χ0v) is 37.1. The van der Waals surface area contributed by atoms with Gasteiger partial charge in [0.15, 0.2) is 0 Å². The summed E-state index contributed by atoms with van der Waals surface area (Å²) >= 11 is 0. The maximum absolute atomic E-state index is 17.1. The zero-order valence-electron chi connectivity index (χ0n) is 36.2. The van der Waals surface area contributed by atoms with Gasteiger partial charge in [-0.3, -0.25) is 9.24 Å². The Morgan fingerprint density at radius 3 is 1.52 bits per heavy atom. The fourth-order valence-corrected chi connectivity index (χ4v) is 13.0. The Labute approximate surface area is 387 Å². The van der Waals surface area contributed by atoms with Crippen molar-refractivity contribution >= 4 is 79.1 Å². The minimum absolute atomic E-state index is 0.350. The Morgan fingerprint density at radius 1 is 0.358 bits per heavy atom. The van der Waals surface area contributed by atoms with E-state index in [9.17, 15) is 0 Å². The lowest BCUT2D eigenvalue weighted by atomic mass is 9.98. The molecule has 1 aliphatic rings. The first-order chi connectivity index (χ1) is 33.1. The predicted molar refractivity (Wildman–Crippen MR) is 279 cm³/mol. The van der Waals surface area contributed by atoms with Crippen LogP contribution >= 0.6 is 7.44 Å². The van der Waals surface area contributed by atoms with Crippen molar-refractivity contribution in [3.8, 4) is 39.3 Å². The van der Waals surface area contributed by atoms with Crippen molar-refractivity contribution in [1.82, 2.24) is 14.5 Å². The van der Waals surface area contributed by atoms with Crippen LogP contribution in [-0.2, 0) is 4.57 Å². The van der Waals surface area contributed by atoms with Crippen molar-refractivity contribution in [2.75, 3.05) is 9.34 Å². The molecule has 2 aromatic heterocycles. The van der Waals surface area contributed by atoms with Crippen LogP contribution in [0.25, 0.3) is 82.7 Å². The van der Waals surface area contributed by atoms with Crippen LogP contribution in [0.1, 0.15) is 0 Å². The van der Waals surface area contributed by atoms with E-state index >= 15 is 4.57 Å². The number of nitrogens with zero attached hydrogens (tertiary/aromatic N) is 5. The van der Waals surface area contributed by atoms with E-state index in [1.165, 1.54) is 5.39 Å². The number of rotatable bonds is 7. The molecule has 0 aliphatic carbocycles.